The van der Waals surface area contributed by atoms with E-state index in [1.54, 1.807) is 4.52 Å². The van der Waals surface area contributed by atoms with Crippen molar-refractivity contribution in [2.45, 2.75) is 39.7 Å². The lowest BCUT2D eigenvalue weighted by molar-refractivity contribution is -0.121. The molecule has 1 N–H and O–H groups in total. The molecular formula is C24H25N5O. The van der Waals surface area contributed by atoms with Gasteiger partial charge in [-0.05, 0) is 49.4 Å². The van der Waals surface area contributed by atoms with Crippen LogP contribution in [0.3, 0.4) is 0 Å². The van der Waals surface area contributed by atoms with E-state index in [4.69, 9.17) is 0 Å². The Kier molecular flexibility index (Phi) is 5.57. The van der Waals surface area contributed by atoms with Crippen molar-refractivity contribution < 1.29 is 4.79 Å². The van der Waals surface area contributed by atoms with Crippen molar-refractivity contribution in [2.75, 3.05) is 0 Å². The third-order valence-corrected chi connectivity index (χ3v) is 5.49. The molecule has 0 bridgehead atoms. The Bertz CT molecular complexity index is 1170. The van der Waals surface area contributed by atoms with E-state index in [1.165, 1.54) is 17.5 Å². The summed E-state index contributed by atoms with van der Waals surface area (Å²) in [5, 5.41) is 7.31. The molecule has 0 radical (unpaired) electrons. The van der Waals surface area contributed by atoms with E-state index in [2.05, 4.69) is 56.8 Å². The summed E-state index contributed by atoms with van der Waals surface area (Å²) in [5.41, 5.74) is 6.35. The van der Waals surface area contributed by atoms with Gasteiger partial charge in [0.05, 0.1) is 6.04 Å². The predicted octanol–water partition coefficient (Wildman–Crippen LogP) is 4.22. The fraction of sp³-hybridized carbons (Fsp3) is 0.250. The van der Waals surface area contributed by atoms with Crippen LogP contribution in [0.2, 0.25) is 0 Å². The molecule has 0 fully saturated rings. The molecule has 0 saturated carbocycles. The highest BCUT2D eigenvalue weighted by molar-refractivity contribution is 5.76. The molecule has 0 saturated heterocycles. The number of amides is 1. The molecule has 0 spiro atoms. The topological polar surface area (TPSA) is 72.2 Å². The van der Waals surface area contributed by atoms with Crippen LogP contribution in [0.1, 0.15) is 41.9 Å². The molecule has 4 rings (SSSR count). The molecule has 0 aliphatic carbocycles. The lowest BCUT2D eigenvalue weighted by Gasteiger charge is -2.16. The zero-order chi connectivity index (χ0) is 21.1. The molecule has 2 heterocycles. The molecule has 6 heteroatoms. The quantitative estimate of drug-likeness (QED) is 0.527. The first-order chi connectivity index (χ1) is 14.5. The van der Waals surface area contributed by atoms with Crippen LogP contribution in [0.25, 0.3) is 16.9 Å². The van der Waals surface area contributed by atoms with Gasteiger partial charge in [0.1, 0.15) is 6.33 Å². The number of fused-ring (bicyclic) bond motifs is 1. The summed E-state index contributed by atoms with van der Waals surface area (Å²) in [4.78, 5) is 21.2. The SMILES string of the molecule is Cc1nc2ncnn2c(C)c1CCC(=O)N[C@H](C)c1ccc(-c2ccccc2)cc1. The Morgan fingerprint density at radius 2 is 1.73 bits per heavy atom. The maximum absolute atomic E-state index is 12.6. The highest BCUT2D eigenvalue weighted by atomic mass is 16.1. The summed E-state index contributed by atoms with van der Waals surface area (Å²) in [6.45, 7) is 5.95. The number of aryl methyl sites for hydroxylation is 2. The van der Waals surface area contributed by atoms with E-state index in [-0.39, 0.29) is 11.9 Å². The van der Waals surface area contributed by atoms with Gasteiger partial charge in [0.2, 0.25) is 5.91 Å². The van der Waals surface area contributed by atoms with Gasteiger partial charge in [-0.3, -0.25) is 4.79 Å². The van der Waals surface area contributed by atoms with E-state index in [0.29, 0.717) is 18.6 Å². The summed E-state index contributed by atoms with van der Waals surface area (Å²) >= 11 is 0. The molecular weight excluding hydrogens is 374 g/mol. The number of rotatable bonds is 6. The van der Waals surface area contributed by atoms with Gasteiger partial charge in [-0.25, -0.2) is 9.50 Å². The second kappa shape index (κ2) is 8.45. The number of nitrogens with one attached hydrogen (secondary N) is 1. The zero-order valence-electron chi connectivity index (χ0n) is 17.5. The number of hydrogen-bond acceptors (Lipinski definition) is 4. The summed E-state index contributed by atoms with van der Waals surface area (Å²) in [7, 11) is 0. The summed E-state index contributed by atoms with van der Waals surface area (Å²) in [6.07, 6.45) is 2.51. The largest absolute Gasteiger partial charge is 0.350 e. The number of hydrogen-bond donors (Lipinski definition) is 1. The molecule has 30 heavy (non-hydrogen) atoms. The zero-order valence-corrected chi connectivity index (χ0v) is 17.5. The predicted molar refractivity (Wildman–Crippen MR) is 117 cm³/mol. The number of carbonyl (C=O) groups is 1. The first-order valence-electron chi connectivity index (χ1n) is 10.1. The van der Waals surface area contributed by atoms with Crippen molar-refractivity contribution in [3.05, 3.63) is 83.4 Å². The second-order valence-corrected chi connectivity index (χ2v) is 7.51. The Hall–Kier alpha value is -3.54. The molecule has 152 valence electrons. The van der Waals surface area contributed by atoms with Crippen molar-refractivity contribution in [1.82, 2.24) is 24.9 Å². The van der Waals surface area contributed by atoms with Gasteiger partial charge in [-0.15, -0.1) is 0 Å². The third kappa shape index (κ3) is 4.08. The number of benzene rings is 2. The molecule has 0 aliphatic rings. The minimum Gasteiger partial charge on any atom is -0.350 e. The Morgan fingerprint density at radius 3 is 2.47 bits per heavy atom. The number of nitrogens with zero attached hydrogens (tertiary/aromatic N) is 4. The third-order valence-electron chi connectivity index (χ3n) is 5.49. The monoisotopic (exact) mass is 399 g/mol. The van der Waals surface area contributed by atoms with Crippen LogP contribution in [0, 0.1) is 13.8 Å². The van der Waals surface area contributed by atoms with Crippen LogP contribution in [-0.2, 0) is 11.2 Å². The van der Waals surface area contributed by atoms with E-state index in [0.717, 1.165) is 22.5 Å². The number of carbonyl (C=O) groups excluding carboxylic acids is 1. The molecule has 1 amide bonds. The fourth-order valence-corrected chi connectivity index (χ4v) is 3.75. The first-order valence-corrected chi connectivity index (χ1v) is 10.1. The van der Waals surface area contributed by atoms with Gasteiger partial charge in [0, 0.05) is 17.8 Å². The van der Waals surface area contributed by atoms with Crippen LogP contribution < -0.4 is 5.32 Å². The average Bonchev–Trinajstić information content (AvgIpc) is 3.23. The smallest absolute Gasteiger partial charge is 0.252 e. The van der Waals surface area contributed by atoms with Gasteiger partial charge in [0.15, 0.2) is 0 Å². The number of aromatic nitrogens is 4. The second-order valence-electron chi connectivity index (χ2n) is 7.51. The van der Waals surface area contributed by atoms with Crippen LogP contribution in [-0.4, -0.2) is 25.5 Å². The van der Waals surface area contributed by atoms with Crippen molar-refractivity contribution in [3.63, 3.8) is 0 Å². The van der Waals surface area contributed by atoms with Crippen LogP contribution in [0.5, 0.6) is 0 Å². The van der Waals surface area contributed by atoms with Crippen LogP contribution in [0.15, 0.2) is 60.9 Å². The minimum absolute atomic E-state index is 0.0205. The molecule has 6 nitrogen and oxygen atoms in total. The molecule has 2 aromatic carbocycles. The van der Waals surface area contributed by atoms with Crippen LogP contribution >= 0.6 is 0 Å². The molecule has 0 aliphatic heterocycles. The first kappa shape index (κ1) is 19.8. The molecule has 2 aromatic heterocycles. The lowest BCUT2D eigenvalue weighted by Crippen LogP contribution is -2.27. The summed E-state index contributed by atoms with van der Waals surface area (Å²) in [6, 6.07) is 18.5. The standard InChI is InChI=1S/C24H25N5O/c1-16(19-9-11-21(12-10-19)20-7-5-4-6-8-20)27-23(30)14-13-22-17(2)28-24-25-15-26-29(24)18(22)3/h4-12,15-16H,13-14H2,1-3H3,(H,27,30)/t16-/m1/s1. The molecule has 1 atom stereocenters. The molecule has 0 unspecified atom stereocenters. The van der Waals surface area contributed by atoms with Crippen molar-refractivity contribution in [1.29, 1.82) is 0 Å². The summed E-state index contributed by atoms with van der Waals surface area (Å²) in [5.74, 6) is 0.609. The maximum atomic E-state index is 12.6. The van der Waals surface area contributed by atoms with Crippen LogP contribution in [0.4, 0.5) is 0 Å². The van der Waals surface area contributed by atoms with Crippen molar-refractivity contribution in [2.24, 2.45) is 0 Å². The van der Waals surface area contributed by atoms with Gasteiger partial charge < -0.3 is 5.32 Å². The normalized spacial score (nSPS) is 12.1. The van der Waals surface area contributed by atoms with Gasteiger partial charge in [-0.2, -0.15) is 10.1 Å². The van der Waals surface area contributed by atoms with Gasteiger partial charge in [0.25, 0.3) is 5.78 Å². The minimum atomic E-state index is -0.0552. The van der Waals surface area contributed by atoms with E-state index in [1.807, 2.05) is 39.0 Å². The lowest BCUT2D eigenvalue weighted by atomic mass is 10.0. The Morgan fingerprint density at radius 1 is 1.03 bits per heavy atom. The van der Waals surface area contributed by atoms with Crippen molar-refractivity contribution >= 4 is 11.7 Å². The highest BCUT2D eigenvalue weighted by Gasteiger charge is 2.14. The van der Waals surface area contributed by atoms with E-state index < -0.39 is 0 Å². The molecule has 4 aromatic rings. The maximum Gasteiger partial charge on any atom is 0.252 e. The Labute approximate surface area is 176 Å². The van der Waals surface area contributed by atoms with Gasteiger partial charge >= 0.3 is 0 Å². The van der Waals surface area contributed by atoms with Gasteiger partial charge in [-0.1, -0.05) is 54.6 Å². The highest BCUT2D eigenvalue weighted by Crippen LogP contribution is 2.22. The summed E-state index contributed by atoms with van der Waals surface area (Å²) < 4.78 is 1.72. The van der Waals surface area contributed by atoms with E-state index >= 15 is 0 Å². The van der Waals surface area contributed by atoms with E-state index in [9.17, 15) is 4.79 Å². The van der Waals surface area contributed by atoms with Crippen molar-refractivity contribution in [3.8, 4) is 11.1 Å². The average molecular weight is 399 g/mol. The fourth-order valence-electron chi connectivity index (χ4n) is 3.75. The Balaban J connectivity index is 1.38.